The lowest BCUT2D eigenvalue weighted by Gasteiger charge is -2.17. The van der Waals surface area contributed by atoms with Crippen LogP contribution in [0.15, 0.2) is 52.2 Å². The molecule has 0 aliphatic rings. The molecular formula is C23H26N4O5S. The number of nitrogens with one attached hydrogen (secondary N) is 1. The number of nitrogens with zero attached hydrogens (tertiary/aromatic N) is 3. The summed E-state index contributed by atoms with van der Waals surface area (Å²) in [6.07, 6.45) is 0. The number of sulfonamides is 1. The van der Waals surface area contributed by atoms with Crippen molar-refractivity contribution < 1.29 is 18.3 Å². The molecule has 9 nitrogen and oxygen atoms in total. The van der Waals surface area contributed by atoms with Crippen molar-refractivity contribution in [1.29, 1.82) is 0 Å². The van der Waals surface area contributed by atoms with E-state index in [0.717, 1.165) is 25.6 Å². The van der Waals surface area contributed by atoms with Crippen LogP contribution in [0.4, 0.5) is 0 Å². The summed E-state index contributed by atoms with van der Waals surface area (Å²) in [7, 11) is 0.260. The van der Waals surface area contributed by atoms with Gasteiger partial charge in [0.15, 0.2) is 5.69 Å². The fourth-order valence-electron chi connectivity index (χ4n) is 3.24. The third kappa shape index (κ3) is 4.67. The van der Waals surface area contributed by atoms with Crippen LogP contribution in [0.25, 0.3) is 11.4 Å². The Morgan fingerprint density at radius 3 is 2.42 bits per heavy atom. The summed E-state index contributed by atoms with van der Waals surface area (Å²) in [5.74, 6) is -1.63. The van der Waals surface area contributed by atoms with Crippen LogP contribution >= 0.6 is 0 Å². The summed E-state index contributed by atoms with van der Waals surface area (Å²) >= 11 is 0. The van der Waals surface area contributed by atoms with Gasteiger partial charge in [0, 0.05) is 33.3 Å². The zero-order chi connectivity index (χ0) is 24.5. The van der Waals surface area contributed by atoms with Crippen molar-refractivity contribution in [2.24, 2.45) is 7.05 Å². The number of aromatic hydroxyl groups is 1. The van der Waals surface area contributed by atoms with Gasteiger partial charge >= 0.3 is 0 Å². The van der Waals surface area contributed by atoms with Gasteiger partial charge in [0.2, 0.25) is 15.8 Å². The molecule has 1 aromatic heterocycles. The van der Waals surface area contributed by atoms with Crippen LogP contribution in [-0.4, -0.2) is 47.4 Å². The zero-order valence-corrected chi connectivity index (χ0v) is 19.9. The highest BCUT2D eigenvalue weighted by Crippen LogP contribution is 2.28. The second kappa shape index (κ2) is 9.16. The Bertz CT molecular complexity index is 1390. The SMILES string of the molecule is Cc1ccc(CNC(=O)c2nc(-c3ccccc3S(=O)(=O)N(C)C)n(C)c(=O)c2O)cc1C. The van der Waals surface area contributed by atoms with Crippen molar-refractivity contribution in [1.82, 2.24) is 19.2 Å². The van der Waals surface area contributed by atoms with Crippen LogP contribution in [0, 0.1) is 13.8 Å². The lowest BCUT2D eigenvalue weighted by molar-refractivity contribution is 0.0942. The first-order valence-corrected chi connectivity index (χ1v) is 11.6. The first kappa shape index (κ1) is 24.1. The molecule has 10 heteroatoms. The number of aryl methyl sites for hydroxylation is 2. The first-order chi connectivity index (χ1) is 15.4. The van der Waals surface area contributed by atoms with Crippen LogP contribution in [-0.2, 0) is 23.6 Å². The summed E-state index contributed by atoms with van der Waals surface area (Å²) in [6, 6.07) is 11.8. The molecule has 2 N–H and O–H groups in total. The molecule has 0 spiro atoms. The molecule has 1 amide bonds. The number of benzene rings is 2. The molecule has 1 heterocycles. The Kier molecular flexibility index (Phi) is 6.71. The Labute approximate surface area is 192 Å². The number of rotatable bonds is 6. The van der Waals surface area contributed by atoms with E-state index < -0.39 is 32.9 Å². The van der Waals surface area contributed by atoms with Crippen molar-refractivity contribution in [2.75, 3.05) is 14.1 Å². The highest BCUT2D eigenvalue weighted by Gasteiger charge is 2.26. The number of hydrogen-bond acceptors (Lipinski definition) is 6. The third-order valence-electron chi connectivity index (χ3n) is 5.39. The van der Waals surface area contributed by atoms with Crippen molar-refractivity contribution in [3.63, 3.8) is 0 Å². The van der Waals surface area contributed by atoms with Crippen molar-refractivity contribution in [3.05, 3.63) is 75.2 Å². The van der Waals surface area contributed by atoms with Gasteiger partial charge in [-0.25, -0.2) is 17.7 Å². The summed E-state index contributed by atoms with van der Waals surface area (Å²) in [5.41, 5.74) is 1.82. The minimum atomic E-state index is -3.87. The van der Waals surface area contributed by atoms with Gasteiger partial charge in [-0.2, -0.15) is 0 Å². The van der Waals surface area contributed by atoms with E-state index in [1.165, 1.54) is 33.3 Å². The normalized spacial score (nSPS) is 11.6. The van der Waals surface area contributed by atoms with Crippen LogP contribution in [0.1, 0.15) is 27.2 Å². The minimum Gasteiger partial charge on any atom is -0.501 e. The molecule has 0 saturated carbocycles. The molecule has 0 atom stereocenters. The molecule has 3 rings (SSSR count). The molecule has 0 unspecified atom stereocenters. The summed E-state index contributed by atoms with van der Waals surface area (Å²) in [6.45, 7) is 4.10. The number of carbonyl (C=O) groups excluding carboxylic acids is 1. The second-order valence-electron chi connectivity index (χ2n) is 7.88. The largest absolute Gasteiger partial charge is 0.501 e. The lowest BCUT2D eigenvalue weighted by atomic mass is 10.1. The molecule has 0 aliphatic carbocycles. The van der Waals surface area contributed by atoms with E-state index in [4.69, 9.17) is 0 Å². The van der Waals surface area contributed by atoms with Gasteiger partial charge in [-0.1, -0.05) is 30.3 Å². The predicted octanol–water partition coefficient (Wildman–Crippen LogP) is 1.95. The summed E-state index contributed by atoms with van der Waals surface area (Å²) in [4.78, 5) is 29.6. The van der Waals surface area contributed by atoms with E-state index in [-0.39, 0.29) is 22.8 Å². The minimum absolute atomic E-state index is 0.0600. The van der Waals surface area contributed by atoms with Gasteiger partial charge < -0.3 is 10.4 Å². The maximum atomic E-state index is 12.8. The monoisotopic (exact) mass is 470 g/mol. The fraction of sp³-hybridized carbons (Fsp3) is 0.261. The molecule has 2 aromatic carbocycles. The Morgan fingerprint density at radius 1 is 1.12 bits per heavy atom. The summed E-state index contributed by atoms with van der Waals surface area (Å²) < 4.78 is 27.7. The Morgan fingerprint density at radius 2 is 1.79 bits per heavy atom. The lowest BCUT2D eigenvalue weighted by Crippen LogP contribution is -2.30. The molecule has 174 valence electrons. The molecule has 0 saturated heterocycles. The van der Waals surface area contributed by atoms with Crippen LogP contribution < -0.4 is 10.9 Å². The Balaban J connectivity index is 2.06. The van der Waals surface area contributed by atoms with E-state index in [1.807, 2.05) is 32.0 Å². The van der Waals surface area contributed by atoms with Gasteiger partial charge in [-0.05, 0) is 42.7 Å². The quantitative estimate of drug-likeness (QED) is 0.568. The van der Waals surface area contributed by atoms with Crippen molar-refractivity contribution in [2.45, 2.75) is 25.3 Å². The molecule has 0 fully saturated rings. The maximum absolute atomic E-state index is 12.8. The number of hydrogen-bond donors (Lipinski definition) is 2. The third-order valence-corrected chi connectivity index (χ3v) is 7.27. The zero-order valence-electron chi connectivity index (χ0n) is 19.1. The highest BCUT2D eigenvalue weighted by molar-refractivity contribution is 7.89. The van der Waals surface area contributed by atoms with Gasteiger partial charge in [-0.15, -0.1) is 0 Å². The van der Waals surface area contributed by atoms with Gasteiger partial charge in [0.1, 0.15) is 5.82 Å². The van der Waals surface area contributed by atoms with E-state index in [2.05, 4.69) is 10.3 Å². The number of carbonyl (C=O) groups is 1. The fourth-order valence-corrected chi connectivity index (χ4v) is 4.32. The molecule has 33 heavy (non-hydrogen) atoms. The van der Waals surface area contributed by atoms with Crippen LogP contribution in [0.5, 0.6) is 5.75 Å². The smallest absolute Gasteiger partial charge is 0.296 e. The van der Waals surface area contributed by atoms with Crippen molar-refractivity contribution in [3.8, 4) is 17.1 Å². The second-order valence-corrected chi connectivity index (χ2v) is 10.0. The van der Waals surface area contributed by atoms with Crippen LogP contribution in [0.3, 0.4) is 0 Å². The van der Waals surface area contributed by atoms with E-state index >= 15 is 0 Å². The molecule has 0 aliphatic heterocycles. The number of amides is 1. The first-order valence-electron chi connectivity index (χ1n) is 10.1. The standard InChI is InChI=1S/C23H26N4O5S/c1-14-10-11-16(12-15(14)2)13-24-22(29)19-20(28)23(30)27(5)21(25-19)17-8-6-7-9-18(17)33(31,32)26(3)4/h6-12,28H,13H2,1-5H3,(H,24,29). The average Bonchev–Trinajstić information content (AvgIpc) is 2.78. The van der Waals surface area contributed by atoms with E-state index in [9.17, 15) is 23.1 Å². The van der Waals surface area contributed by atoms with Crippen LogP contribution in [0.2, 0.25) is 0 Å². The molecule has 0 radical (unpaired) electrons. The maximum Gasteiger partial charge on any atom is 0.296 e. The molecular weight excluding hydrogens is 444 g/mol. The molecule has 3 aromatic rings. The van der Waals surface area contributed by atoms with E-state index in [0.29, 0.717) is 0 Å². The highest BCUT2D eigenvalue weighted by atomic mass is 32.2. The topological polar surface area (TPSA) is 122 Å². The average molecular weight is 471 g/mol. The van der Waals surface area contributed by atoms with Gasteiger partial charge in [0.05, 0.1) is 4.90 Å². The van der Waals surface area contributed by atoms with Crippen molar-refractivity contribution >= 4 is 15.9 Å². The van der Waals surface area contributed by atoms with Gasteiger partial charge in [-0.3, -0.25) is 14.2 Å². The predicted molar refractivity (Wildman–Crippen MR) is 125 cm³/mol. The van der Waals surface area contributed by atoms with Gasteiger partial charge in [0.25, 0.3) is 11.5 Å². The van der Waals surface area contributed by atoms with E-state index in [1.54, 1.807) is 12.1 Å². The molecule has 0 bridgehead atoms. The Hall–Kier alpha value is -3.50. The summed E-state index contributed by atoms with van der Waals surface area (Å²) in [5, 5.41) is 13.0. The number of aromatic nitrogens is 2.